The van der Waals surface area contributed by atoms with E-state index in [1.807, 2.05) is 6.20 Å². The number of hydrogen-bond donors (Lipinski definition) is 2. The fraction of sp³-hybridized carbons (Fsp3) is 0.222. The van der Waals surface area contributed by atoms with Gasteiger partial charge in [0.25, 0.3) is 0 Å². The summed E-state index contributed by atoms with van der Waals surface area (Å²) in [6, 6.07) is 15.2. The molecular weight excluding hydrogens is 258 g/mol. The van der Waals surface area contributed by atoms with E-state index in [1.54, 1.807) is 0 Å². The molecule has 2 aliphatic heterocycles. The van der Waals surface area contributed by atoms with Gasteiger partial charge in [-0.1, -0.05) is 30.3 Å². The molecule has 0 radical (unpaired) electrons. The fourth-order valence-electron chi connectivity index (χ4n) is 3.20. The molecule has 2 aromatic rings. The van der Waals surface area contributed by atoms with E-state index >= 15 is 0 Å². The lowest BCUT2D eigenvalue weighted by Gasteiger charge is -2.32. The molecule has 0 aromatic heterocycles. The Morgan fingerprint density at radius 3 is 2.67 bits per heavy atom. The predicted molar refractivity (Wildman–Crippen MR) is 89.6 cm³/mol. The zero-order chi connectivity index (χ0) is 14.1. The Kier molecular flexibility index (Phi) is 3.13. The van der Waals surface area contributed by atoms with Gasteiger partial charge in [-0.25, -0.2) is 0 Å². The number of rotatable bonds is 1. The first-order chi connectivity index (χ1) is 10.4. The molecule has 0 unspecified atom stereocenters. The van der Waals surface area contributed by atoms with Crippen LogP contribution in [-0.2, 0) is 0 Å². The van der Waals surface area contributed by atoms with Gasteiger partial charge in [-0.2, -0.15) is 0 Å². The number of benzene rings is 2. The van der Waals surface area contributed by atoms with Crippen LogP contribution in [0.1, 0.15) is 5.56 Å². The molecule has 0 spiro atoms. The van der Waals surface area contributed by atoms with Gasteiger partial charge in [-0.05, 0) is 29.3 Å². The molecule has 2 aromatic carbocycles. The van der Waals surface area contributed by atoms with Gasteiger partial charge < -0.3 is 15.5 Å². The monoisotopic (exact) mass is 277 g/mol. The number of piperazine rings is 1. The molecule has 2 aliphatic rings. The maximum Gasteiger partial charge on any atom is 0.0480 e. The third kappa shape index (κ3) is 2.20. The van der Waals surface area contributed by atoms with E-state index in [9.17, 15) is 0 Å². The van der Waals surface area contributed by atoms with Gasteiger partial charge in [0.15, 0.2) is 0 Å². The zero-order valence-electron chi connectivity index (χ0n) is 12.0. The number of fused-ring (bicyclic) bond motifs is 3. The van der Waals surface area contributed by atoms with Crippen LogP contribution in [0, 0.1) is 0 Å². The fourth-order valence-corrected chi connectivity index (χ4v) is 3.20. The van der Waals surface area contributed by atoms with Crippen LogP contribution in [0.25, 0.3) is 17.2 Å². The summed E-state index contributed by atoms with van der Waals surface area (Å²) in [5.41, 5.74) is 6.42. The van der Waals surface area contributed by atoms with Crippen molar-refractivity contribution in [1.29, 1.82) is 0 Å². The summed E-state index contributed by atoms with van der Waals surface area (Å²) in [5.74, 6) is 0. The molecule has 0 saturated carbocycles. The summed E-state index contributed by atoms with van der Waals surface area (Å²) in [4.78, 5) is 2.49. The van der Waals surface area contributed by atoms with Crippen LogP contribution in [0.4, 0.5) is 11.4 Å². The van der Waals surface area contributed by atoms with Crippen molar-refractivity contribution in [3.63, 3.8) is 0 Å². The molecule has 0 amide bonds. The van der Waals surface area contributed by atoms with E-state index in [-0.39, 0.29) is 0 Å². The molecule has 106 valence electrons. The Hall–Kier alpha value is -2.26. The predicted octanol–water partition coefficient (Wildman–Crippen LogP) is 3.16. The smallest absolute Gasteiger partial charge is 0.0480 e. The van der Waals surface area contributed by atoms with Crippen molar-refractivity contribution in [3.8, 4) is 11.1 Å². The van der Waals surface area contributed by atoms with Gasteiger partial charge in [0.2, 0.25) is 0 Å². The third-order valence-electron chi connectivity index (χ3n) is 4.23. The molecule has 4 rings (SSSR count). The summed E-state index contributed by atoms with van der Waals surface area (Å²) in [7, 11) is 0. The van der Waals surface area contributed by atoms with Crippen LogP contribution in [0.15, 0.2) is 48.7 Å². The van der Waals surface area contributed by atoms with Crippen LogP contribution in [-0.4, -0.2) is 26.2 Å². The van der Waals surface area contributed by atoms with Crippen LogP contribution in [0.5, 0.6) is 0 Å². The molecule has 0 atom stereocenters. The Morgan fingerprint density at radius 2 is 1.76 bits per heavy atom. The minimum absolute atomic E-state index is 1.05. The first kappa shape index (κ1) is 12.5. The van der Waals surface area contributed by atoms with Gasteiger partial charge in [0.1, 0.15) is 0 Å². The lowest BCUT2D eigenvalue weighted by Crippen LogP contribution is -2.43. The molecular formula is C18H19N3. The number of nitrogens with one attached hydrogen (secondary N) is 2. The maximum atomic E-state index is 3.43. The molecule has 2 N–H and O–H groups in total. The van der Waals surface area contributed by atoms with Gasteiger partial charge >= 0.3 is 0 Å². The topological polar surface area (TPSA) is 27.3 Å². The first-order valence-corrected chi connectivity index (χ1v) is 7.55. The van der Waals surface area contributed by atoms with E-state index in [1.165, 1.54) is 28.1 Å². The van der Waals surface area contributed by atoms with Crippen molar-refractivity contribution >= 4 is 17.5 Å². The SMILES string of the molecule is C1=Cc2ccccc2-c2c(cccc2N2CCNCC2)N1. The Balaban J connectivity index is 1.90. The highest BCUT2D eigenvalue weighted by atomic mass is 15.2. The summed E-state index contributed by atoms with van der Waals surface area (Å²) in [6.45, 7) is 4.23. The summed E-state index contributed by atoms with van der Waals surface area (Å²) in [5, 5.41) is 6.86. The lowest BCUT2D eigenvalue weighted by atomic mass is 9.96. The van der Waals surface area contributed by atoms with Crippen molar-refractivity contribution in [2.75, 3.05) is 36.4 Å². The highest BCUT2D eigenvalue weighted by molar-refractivity contribution is 5.94. The molecule has 2 heterocycles. The maximum absolute atomic E-state index is 3.43. The van der Waals surface area contributed by atoms with Crippen molar-refractivity contribution in [2.24, 2.45) is 0 Å². The Bertz CT molecular complexity index is 685. The molecule has 1 fully saturated rings. The standard InChI is InChI=1S/C18H19N3/c1-2-5-15-14(4-1)8-9-20-16-6-3-7-17(18(15)16)21-12-10-19-11-13-21/h1-9,19-20H,10-13H2. The van der Waals surface area contributed by atoms with Gasteiger partial charge in [0, 0.05) is 49.3 Å². The van der Waals surface area contributed by atoms with Crippen molar-refractivity contribution in [2.45, 2.75) is 0 Å². The van der Waals surface area contributed by atoms with Gasteiger partial charge in [-0.15, -0.1) is 0 Å². The van der Waals surface area contributed by atoms with Crippen molar-refractivity contribution in [3.05, 3.63) is 54.2 Å². The molecule has 0 aliphatic carbocycles. The van der Waals surface area contributed by atoms with Crippen LogP contribution in [0.2, 0.25) is 0 Å². The summed E-state index contributed by atoms with van der Waals surface area (Å²) in [6.07, 6.45) is 4.18. The van der Waals surface area contributed by atoms with E-state index < -0.39 is 0 Å². The van der Waals surface area contributed by atoms with E-state index in [0.717, 1.165) is 26.2 Å². The van der Waals surface area contributed by atoms with Crippen molar-refractivity contribution < 1.29 is 0 Å². The number of hydrogen-bond acceptors (Lipinski definition) is 3. The summed E-state index contributed by atoms with van der Waals surface area (Å²) >= 11 is 0. The average molecular weight is 277 g/mol. The molecule has 21 heavy (non-hydrogen) atoms. The molecule has 3 nitrogen and oxygen atoms in total. The van der Waals surface area contributed by atoms with E-state index in [0.29, 0.717) is 0 Å². The lowest BCUT2D eigenvalue weighted by molar-refractivity contribution is 0.589. The second kappa shape index (κ2) is 5.26. The second-order valence-electron chi connectivity index (χ2n) is 5.50. The first-order valence-electron chi connectivity index (χ1n) is 7.55. The van der Waals surface area contributed by atoms with Crippen LogP contribution < -0.4 is 15.5 Å². The van der Waals surface area contributed by atoms with Crippen molar-refractivity contribution in [1.82, 2.24) is 5.32 Å². The van der Waals surface area contributed by atoms with E-state index in [2.05, 4.69) is 64.1 Å². The van der Waals surface area contributed by atoms with Crippen LogP contribution in [0.3, 0.4) is 0 Å². The Labute approximate surface area is 125 Å². The highest BCUT2D eigenvalue weighted by Crippen LogP contribution is 2.41. The minimum Gasteiger partial charge on any atom is -0.368 e. The zero-order valence-corrected chi connectivity index (χ0v) is 12.0. The van der Waals surface area contributed by atoms with Crippen LogP contribution >= 0.6 is 0 Å². The quantitative estimate of drug-likeness (QED) is 0.838. The Morgan fingerprint density at radius 1 is 0.905 bits per heavy atom. The van der Waals surface area contributed by atoms with Gasteiger partial charge in [-0.3, -0.25) is 0 Å². The number of anilines is 2. The third-order valence-corrected chi connectivity index (χ3v) is 4.23. The molecule has 0 bridgehead atoms. The second-order valence-corrected chi connectivity index (χ2v) is 5.50. The molecule has 3 heteroatoms. The highest BCUT2D eigenvalue weighted by Gasteiger charge is 2.19. The van der Waals surface area contributed by atoms with Gasteiger partial charge in [0.05, 0.1) is 0 Å². The number of nitrogens with zero attached hydrogens (tertiary/aromatic N) is 1. The minimum atomic E-state index is 1.05. The normalized spacial score (nSPS) is 16.7. The average Bonchev–Trinajstić information content (AvgIpc) is 2.75. The largest absolute Gasteiger partial charge is 0.368 e. The van der Waals surface area contributed by atoms with E-state index in [4.69, 9.17) is 0 Å². The molecule has 1 saturated heterocycles. The summed E-state index contributed by atoms with van der Waals surface area (Å²) < 4.78 is 0.